The highest BCUT2D eigenvalue weighted by molar-refractivity contribution is 6.03. The lowest BCUT2D eigenvalue weighted by Gasteiger charge is -2.34. The Hall–Kier alpha value is -3.66. The van der Waals surface area contributed by atoms with Crippen molar-refractivity contribution < 1.29 is 18.0 Å². The van der Waals surface area contributed by atoms with Crippen molar-refractivity contribution in [1.82, 2.24) is 14.7 Å². The van der Waals surface area contributed by atoms with E-state index in [1.807, 2.05) is 19.1 Å². The van der Waals surface area contributed by atoms with Gasteiger partial charge in [-0.05, 0) is 62.9 Å². The molecular formula is C25H26F3N5O2. The van der Waals surface area contributed by atoms with Gasteiger partial charge in [0.2, 0.25) is 5.43 Å². The van der Waals surface area contributed by atoms with Gasteiger partial charge < -0.3 is 15.1 Å². The zero-order chi connectivity index (χ0) is 25.3. The van der Waals surface area contributed by atoms with Crippen molar-refractivity contribution in [3.63, 3.8) is 0 Å². The molecule has 0 aliphatic carbocycles. The number of alkyl halides is 3. The Morgan fingerprint density at radius 1 is 0.971 bits per heavy atom. The lowest BCUT2D eigenvalue weighted by Crippen LogP contribution is -2.44. The molecule has 0 spiro atoms. The van der Waals surface area contributed by atoms with E-state index >= 15 is 0 Å². The van der Waals surface area contributed by atoms with Gasteiger partial charge in [0.25, 0.3) is 5.91 Å². The van der Waals surface area contributed by atoms with E-state index in [1.54, 1.807) is 6.07 Å². The van der Waals surface area contributed by atoms with Gasteiger partial charge in [0.1, 0.15) is 0 Å². The lowest BCUT2D eigenvalue weighted by atomic mass is 10.1. The molecule has 0 atom stereocenters. The maximum atomic E-state index is 13.2. The zero-order valence-electron chi connectivity index (χ0n) is 19.7. The fourth-order valence-electron chi connectivity index (χ4n) is 4.01. The molecule has 2 heterocycles. The van der Waals surface area contributed by atoms with E-state index in [9.17, 15) is 22.8 Å². The summed E-state index contributed by atoms with van der Waals surface area (Å²) in [5.41, 5.74) is 0.925. The highest BCUT2D eigenvalue weighted by Gasteiger charge is 2.30. The van der Waals surface area contributed by atoms with Crippen molar-refractivity contribution in [2.24, 2.45) is 0 Å². The van der Waals surface area contributed by atoms with Crippen LogP contribution in [-0.2, 0) is 6.18 Å². The predicted molar refractivity (Wildman–Crippen MR) is 128 cm³/mol. The predicted octanol–water partition coefficient (Wildman–Crippen LogP) is 3.87. The first-order chi connectivity index (χ1) is 16.5. The highest BCUT2D eigenvalue weighted by Crippen LogP contribution is 2.30. The van der Waals surface area contributed by atoms with Gasteiger partial charge >= 0.3 is 6.18 Å². The van der Waals surface area contributed by atoms with E-state index in [-0.39, 0.29) is 5.69 Å². The number of anilines is 2. The van der Waals surface area contributed by atoms with E-state index in [1.165, 1.54) is 25.1 Å². The molecule has 1 amide bonds. The molecular weight excluding hydrogens is 459 g/mol. The van der Waals surface area contributed by atoms with Crippen LogP contribution in [0.3, 0.4) is 0 Å². The molecule has 0 unspecified atom stereocenters. The van der Waals surface area contributed by atoms with Crippen molar-refractivity contribution in [2.75, 3.05) is 43.4 Å². The number of carbonyl (C=O) groups excluding carboxylic acids is 1. The van der Waals surface area contributed by atoms with E-state index in [2.05, 4.69) is 27.3 Å². The van der Waals surface area contributed by atoms with Crippen LogP contribution in [0.5, 0.6) is 0 Å². The number of rotatable bonds is 4. The number of nitrogens with one attached hydrogen (secondary N) is 1. The summed E-state index contributed by atoms with van der Waals surface area (Å²) in [5, 5.41) is 6.82. The molecule has 0 radical (unpaired) electrons. The molecule has 1 N–H and O–H groups in total. The number of halogens is 3. The summed E-state index contributed by atoms with van der Waals surface area (Å²) in [6.07, 6.45) is -4.53. The van der Waals surface area contributed by atoms with Crippen LogP contribution in [0.4, 0.5) is 24.5 Å². The van der Waals surface area contributed by atoms with Crippen LogP contribution in [0, 0.1) is 13.8 Å². The Labute approximate surface area is 200 Å². The summed E-state index contributed by atoms with van der Waals surface area (Å²) in [6, 6.07) is 11.4. The minimum atomic E-state index is -4.53. The summed E-state index contributed by atoms with van der Waals surface area (Å²) >= 11 is 0. The fraction of sp³-hybridized carbons (Fsp3) is 0.320. The molecule has 7 nitrogen and oxygen atoms in total. The van der Waals surface area contributed by atoms with Crippen LogP contribution < -0.4 is 15.6 Å². The standard InChI is InChI=1S/C25H26F3N5O2/c1-16-13-19(32-11-9-31(3)10-12-32)7-8-21(16)29-24(35)23-22(34)14-17(2)33(30-23)20-6-4-5-18(15-20)25(26,27)28/h4-8,13-15H,9-12H2,1-3H3,(H,29,35). The van der Waals surface area contributed by atoms with E-state index < -0.39 is 28.8 Å². The smallest absolute Gasteiger partial charge is 0.369 e. The number of amides is 1. The lowest BCUT2D eigenvalue weighted by molar-refractivity contribution is -0.137. The molecule has 0 bridgehead atoms. The highest BCUT2D eigenvalue weighted by atomic mass is 19.4. The van der Waals surface area contributed by atoms with Gasteiger partial charge in [0.15, 0.2) is 5.69 Å². The Morgan fingerprint density at radius 3 is 2.34 bits per heavy atom. The average molecular weight is 486 g/mol. The first-order valence-electron chi connectivity index (χ1n) is 11.2. The van der Waals surface area contributed by atoms with Crippen molar-refractivity contribution in [3.8, 4) is 5.69 Å². The van der Waals surface area contributed by atoms with Gasteiger partial charge in [-0.1, -0.05) is 6.07 Å². The molecule has 35 heavy (non-hydrogen) atoms. The molecule has 1 saturated heterocycles. The molecule has 0 saturated carbocycles. The van der Waals surface area contributed by atoms with Gasteiger partial charge in [0, 0.05) is 49.3 Å². The average Bonchev–Trinajstić information content (AvgIpc) is 2.80. The van der Waals surface area contributed by atoms with Crippen LogP contribution in [0.15, 0.2) is 53.3 Å². The fourth-order valence-corrected chi connectivity index (χ4v) is 4.01. The first kappa shape index (κ1) is 24.5. The molecule has 3 aromatic rings. The number of aromatic nitrogens is 2. The molecule has 1 aliphatic heterocycles. The Morgan fingerprint density at radius 2 is 1.69 bits per heavy atom. The van der Waals surface area contributed by atoms with Gasteiger partial charge in [-0.2, -0.15) is 18.3 Å². The Kier molecular flexibility index (Phi) is 6.66. The minimum absolute atomic E-state index is 0.0964. The molecule has 10 heteroatoms. The second kappa shape index (κ2) is 9.53. The molecule has 1 aliphatic rings. The van der Waals surface area contributed by atoms with Crippen LogP contribution >= 0.6 is 0 Å². The largest absolute Gasteiger partial charge is 0.416 e. The van der Waals surface area contributed by atoms with Crippen molar-refractivity contribution in [3.05, 3.63) is 81.3 Å². The normalized spacial score (nSPS) is 14.7. The van der Waals surface area contributed by atoms with Gasteiger partial charge in [0.05, 0.1) is 11.3 Å². The van der Waals surface area contributed by atoms with Crippen molar-refractivity contribution in [2.45, 2.75) is 20.0 Å². The van der Waals surface area contributed by atoms with E-state index in [0.29, 0.717) is 11.4 Å². The van der Waals surface area contributed by atoms with Gasteiger partial charge in [-0.25, -0.2) is 4.68 Å². The topological polar surface area (TPSA) is 70.5 Å². The third kappa shape index (κ3) is 5.37. The second-order valence-corrected chi connectivity index (χ2v) is 8.70. The van der Waals surface area contributed by atoms with Crippen LogP contribution in [0.25, 0.3) is 5.69 Å². The summed E-state index contributed by atoms with van der Waals surface area (Å²) in [5.74, 6) is -0.730. The van der Waals surface area contributed by atoms with Gasteiger partial charge in [-0.3, -0.25) is 9.59 Å². The van der Waals surface area contributed by atoms with Crippen molar-refractivity contribution in [1.29, 1.82) is 0 Å². The maximum Gasteiger partial charge on any atom is 0.416 e. The van der Waals surface area contributed by atoms with Gasteiger partial charge in [-0.15, -0.1) is 0 Å². The summed E-state index contributed by atoms with van der Waals surface area (Å²) in [4.78, 5) is 30.0. The minimum Gasteiger partial charge on any atom is -0.369 e. The first-order valence-corrected chi connectivity index (χ1v) is 11.2. The number of piperazine rings is 1. The van der Waals surface area contributed by atoms with Crippen LogP contribution in [-0.4, -0.2) is 53.8 Å². The number of aryl methyl sites for hydroxylation is 2. The van der Waals surface area contributed by atoms with Crippen molar-refractivity contribution >= 4 is 17.3 Å². The molecule has 184 valence electrons. The Balaban J connectivity index is 1.59. The third-order valence-electron chi connectivity index (χ3n) is 6.07. The van der Waals surface area contributed by atoms with Crippen LogP contribution in [0.2, 0.25) is 0 Å². The maximum absolute atomic E-state index is 13.2. The van der Waals surface area contributed by atoms with E-state index in [4.69, 9.17) is 0 Å². The monoisotopic (exact) mass is 485 g/mol. The number of hydrogen-bond donors (Lipinski definition) is 1. The number of nitrogens with zero attached hydrogens (tertiary/aromatic N) is 4. The summed E-state index contributed by atoms with van der Waals surface area (Å²) < 4.78 is 40.6. The molecule has 1 fully saturated rings. The summed E-state index contributed by atoms with van der Waals surface area (Å²) in [7, 11) is 2.08. The molecule has 4 rings (SSSR count). The third-order valence-corrected chi connectivity index (χ3v) is 6.07. The van der Waals surface area contributed by atoms with E-state index in [0.717, 1.165) is 54.2 Å². The summed E-state index contributed by atoms with van der Waals surface area (Å²) in [6.45, 7) is 7.15. The molecule has 2 aromatic carbocycles. The number of hydrogen-bond acceptors (Lipinski definition) is 5. The number of carbonyl (C=O) groups is 1. The SMILES string of the molecule is Cc1cc(N2CCN(C)CC2)ccc1NC(=O)c1nn(-c2cccc(C(F)(F)F)c2)c(C)cc1=O. The number of benzene rings is 2. The quantitative estimate of drug-likeness (QED) is 0.608. The second-order valence-electron chi connectivity index (χ2n) is 8.70. The Bertz CT molecular complexity index is 1310. The zero-order valence-corrected chi connectivity index (χ0v) is 19.7. The molecule has 1 aromatic heterocycles. The van der Waals surface area contributed by atoms with Crippen LogP contribution in [0.1, 0.15) is 27.3 Å². The number of likely N-dealkylation sites (N-methyl/N-ethyl adjacent to an activating group) is 1.